The molecule has 1 N–H and O–H groups in total. The normalized spacial score (nSPS) is 12.4. The molecule has 6 nitrogen and oxygen atoms in total. The average molecular weight is 402 g/mol. The second kappa shape index (κ2) is 7.91. The molecule has 0 bridgehead atoms. The third-order valence-corrected chi connectivity index (χ3v) is 4.88. The summed E-state index contributed by atoms with van der Waals surface area (Å²) in [7, 11) is 1.71. The second-order valence-corrected chi connectivity index (χ2v) is 7.30. The van der Waals surface area contributed by atoms with E-state index >= 15 is 0 Å². The molecule has 0 saturated heterocycles. The Kier molecular flexibility index (Phi) is 5.14. The third-order valence-electron chi connectivity index (χ3n) is 4.88. The van der Waals surface area contributed by atoms with E-state index in [4.69, 9.17) is 9.47 Å². The zero-order valence-corrected chi connectivity index (χ0v) is 17.1. The van der Waals surface area contributed by atoms with Crippen molar-refractivity contribution >= 4 is 23.2 Å². The number of anilines is 2. The first-order valence-corrected chi connectivity index (χ1v) is 9.60. The third kappa shape index (κ3) is 3.98. The molecular weight excluding hydrogens is 380 g/mol. The van der Waals surface area contributed by atoms with E-state index < -0.39 is 0 Å². The number of aryl methyl sites for hydroxylation is 2. The van der Waals surface area contributed by atoms with Crippen molar-refractivity contribution in [1.29, 1.82) is 0 Å². The maximum Gasteiger partial charge on any atom is 0.262 e. The Morgan fingerprint density at radius 3 is 2.43 bits per heavy atom. The summed E-state index contributed by atoms with van der Waals surface area (Å²) in [6.07, 6.45) is 0. The van der Waals surface area contributed by atoms with Crippen LogP contribution in [-0.4, -0.2) is 25.5 Å². The van der Waals surface area contributed by atoms with E-state index in [-0.39, 0.29) is 18.4 Å². The number of fused-ring (bicyclic) bond motifs is 2. The standard InChI is InChI=1S/C24H22N2O4/c1-15-4-8-18(9-5-15)29-14-23(27)25-17-7-11-21-19(13-17)24(28)26(3)20-12-16(2)6-10-22(20)30-21/h4-13H,14H2,1-3H3,(H,25,27). The summed E-state index contributed by atoms with van der Waals surface area (Å²) in [4.78, 5) is 26.8. The van der Waals surface area contributed by atoms with Gasteiger partial charge in [-0.2, -0.15) is 0 Å². The van der Waals surface area contributed by atoms with E-state index in [9.17, 15) is 9.59 Å². The van der Waals surface area contributed by atoms with Crippen LogP contribution < -0.4 is 19.7 Å². The Hall–Kier alpha value is -3.80. The molecule has 1 heterocycles. The molecule has 0 aliphatic carbocycles. The van der Waals surface area contributed by atoms with Gasteiger partial charge in [0.1, 0.15) is 11.5 Å². The minimum atomic E-state index is -0.315. The molecule has 4 rings (SSSR count). The van der Waals surface area contributed by atoms with E-state index in [1.807, 2.05) is 56.3 Å². The largest absolute Gasteiger partial charge is 0.484 e. The van der Waals surface area contributed by atoms with Gasteiger partial charge in [-0.25, -0.2) is 0 Å². The molecule has 2 amide bonds. The number of nitrogens with zero attached hydrogens (tertiary/aromatic N) is 1. The number of ether oxygens (including phenoxy) is 2. The van der Waals surface area contributed by atoms with Gasteiger partial charge < -0.3 is 19.7 Å². The van der Waals surface area contributed by atoms with Crippen LogP contribution in [0.25, 0.3) is 0 Å². The van der Waals surface area contributed by atoms with Crippen LogP contribution in [0, 0.1) is 13.8 Å². The fourth-order valence-corrected chi connectivity index (χ4v) is 3.23. The number of rotatable bonds is 4. The van der Waals surface area contributed by atoms with Crippen molar-refractivity contribution in [2.45, 2.75) is 13.8 Å². The second-order valence-electron chi connectivity index (χ2n) is 7.30. The van der Waals surface area contributed by atoms with Gasteiger partial charge >= 0.3 is 0 Å². The Bertz CT molecular complexity index is 1120. The van der Waals surface area contributed by atoms with Crippen LogP contribution in [0.1, 0.15) is 21.5 Å². The minimum absolute atomic E-state index is 0.130. The Balaban J connectivity index is 1.50. The highest BCUT2D eigenvalue weighted by Crippen LogP contribution is 2.39. The maximum absolute atomic E-state index is 13.0. The minimum Gasteiger partial charge on any atom is -0.484 e. The average Bonchev–Trinajstić information content (AvgIpc) is 2.83. The highest BCUT2D eigenvalue weighted by Gasteiger charge is 2.26. The van der Waals surface area contributed by atoms with Gasteiger partial charge in [0, 0.05) is 12.7 Å². The summed E-state index contributed by atoms with van der Waals surface area (Å²) < 4.78 is 11.5. The van der Waals surface area contributed by atoms with Crippen LogP contribution in [-0.2, 0) is 4.79 Å². The fraction of sp³-hybridized carbons (Fsp3) is 0.167. The van der Waals surface area contributed by atoms with Crippen molar-refractivity contribution in [3.8, 4) is 17.2 Å². The smallest absolute Gasteiger partial charge is 0.262 e. The van der Waals surface area contributed by atoms with E-state index in [1.54, 1.807) is 30.1 Å². The lowest BCUT2D eigenvalue weighted by Gasteiger charge is -2.16. The molecule has 6 heteroatoms. The first-order chi connectivity index (χ1) is 14.4. The first-order valence-electron chi connectivity index (χ1n) is 9.60. The summed E-state index contributed by atoms with van der Waals surface area (Å²) in [5.74, 6) is 1.16. The number of carbonyl (C=O) groups excluding carboxylic acids is 2. The van der Waals surface area contributed by atoms with Crippen LogP contribution in [0.4, 0.5) is 11.4 Å². The molecule has 1 aliphatic rings. The quantitative estimate of drug-likeness (QED) is 0.687. The lowest BCUT2D eigenvalue weighted by molar-refractivity contribution is -0.118. The SMILES string of the molecule is Cc1ccc(OCC(=O)Nc2ccc3c(c2)C(=O)N(C)c2cc(C)ccc2O3)cc1. The zero-order chi connectivity index (χ0) is 21.3. The van der Waals surface area contributed by atoms with Crippen molar-refractivity contribution in [3.05, 3.63) is 77.4 Å². The number of hydrogen-bond donors (Lipinski definition) is 1. The predicted molar refractivity (Wildman–Crippen MR) is 116 cm³/mol. The molecule has 3 aromatic rings. The number of hydrogen-bond acceptors (Lipinski definition) is 4. The number of benzene rings is 3. The van der Waals surface area contributed by atoms with Crippen molar-refractivity contribution in [3.63, 3.8) is 0 Å². The predicted octanol–water partition coefficient (Wildman–Crippen LogP) is 4.70. The molecular formula is C24H22N2O4. The fourth-order valence-electron chi connectivity index (χ4n) is 3.23. The monoisotopic (exact) mass is 402 g/mol. The van der Waals surface area contributed by atoms with Gasteiger partial charge in [-0.1, -0.05) is 23.8 Å². The molecule has 0 atom stereocenters. The molecule has 152 valence electrons. The molecule has 0 spiro atoms. The zero-order valence-electron chi connectivity index (χ0n) is 17.1. The van der Waals surface area contributed by atoms with Crippen LogP contribution >= 0.6 is 0 Å². The number of nitrogens with one attached hydrogen (secondary N) is 1. The van der Waals surface area contributed by atoms with Crippen LogP contribution in [0.2, 0.25) is 0 Å². The summed E-state index contributed by atoms with van der Waals surface area (Å²) in [5, 5.41) is 2.77. The Labute approximate surface area is 175 Å². The van der Waals surface area contributed by atoms with Crippen molar-refractivity contribution in [2.75, 3.05) is 23.9 Å². The molecule has 3 aromatic carbocycles. The highest BCUT2D eigenvalue weighted by atomic mass is 16.5. The van der Waals surface area contributed by atoms with Crippen LogP contribution in [0.15, 0.2) is 60.7 Å². The van der Waals surface area contributed by atoms with Gasteiger partial charge in [0.05, 0.1) is 11.3 Å². The summed E-state index contributed by atoms with van der Waals surface area (Å²) in [5.41, 5.74) is 3.73. The van der Waals surface area contributed by atoms with Crippen molar-refractivity contribution in [1.82, 2.24) is 0 Å². The van der Waals surface area contributed by atoms with E-state index in [1.165, 1.54) is 0 Å². The van der Waals surface area contributed by atoms with Crippen LogP contribution in [0.3, 0.4) is 0 Å². The molecule has 0 fully saturated rings. The van der Waals surface area contributed by atoms with Gasteiger partial charge in [0.25, 0.3) is 11.8 Å². The summed E-state index contributed by atoms with van der Waals surface area (Å²) >= 11 is 0. The van der Waals surface area contributed by atoms with Gasteiger partial charge in [0.2, 0.25) is 0 Å². The highest BCUT2D eigenvalue weighted by molar-refractivity contribution is 6.10. The molecule has 0 unspecified atom stereocenters. The Morgan fingerprint density at radius 1 is 0.967 bits per heavy atom. The lowest BCUT2D eigenvalue weighted by atomic mass is 10.1. The molecule has 30 heavy (non-hydrogen) atoms. The lowest BCUT2D eigenvalue weighted by Crippen LogP contribution is -2.25. The summed E-state index contributed by atoms with van der Waals surface area (Å²) in [6.45, 7) is 3.81. The van der Waals surface area contributed by atoms with Crippen molar-refractivity contribution < 1.29 is 19.1 Å². The van der Waals surface area contributed by atoms with E-state index in [2.05, 4.69) is 5.32 Å². The topological polar surface area (TPSA) is 67.9 Å². The van der Waals surface area contributed by atoms with E-state index in [0.717, 1.165) is 11.1 Å². The van der Waals surface area contributed by atoms with Gasteiger partial charge in [-0.05, 0) is 61.9 Å². The number of carbonyl (C=O) groups is 2. The molecule has 0 radical (unpaired) electrons. The van der Waals surface area contributed by atoms with Gasteiger partial charge in [-0.3, -0.25) is 9.59 Å². The van der Waals surface area contributed by atoms with Crippen LogP contribution in [0.5, 0.6) is 17.2 Å². The Morgan fingerprint density at radius 2 is 1.67 bits per heavy atom. The van der Waals surface area contributed by atoms with Gasteiger partial charge in [-0.15, -0.1) is 0 Å². The summed E-state index contributed by atoms with van der Waals surface area (Å²) in [6, 6.07) is 18.2. The van der Waals surface area contributed by atoms with Gasteiger partial charge in [0.15, 0.2) is 12.4 Å². The molecule has 1 aliphatic heterocycles. The maximum atomic E-state index is 13.0. The molecule has 0 saturated carbocycles. The molecule has 0 aromatic heterocycles. The van der Waals surface area contributed by atoms with E-state index in [0.29, 0.717) is 34.2 Å². The van der Waals surface area contributed by atoms with Crippen molar-refractivity contribution in [2.24, 2.45) is 0 Å². The first kappa shape index (κ1) is 19.5. The number of amides is 2.